The first-order chi connectivity index (χ1) is 13.8. The largest absolute Gasteiger partial charge is 0.465 e. The Balaban J connectivity index is 2.58. The van der Waals surface area contributed by atoms with E-state index in [1.807, 2.05) is 0 Å². The monoisotopic (exact) mass is 403 g/mol. The lowest BCUT2D eigenvalue weighted by Crippen LogP contribution is -2.36. The number of carbonyl (C=O) groups excluding carboxylic acids is 2. The third-order valence-corrected chi connectivity index (χ3v) is 4.61. The minimum atomic E-state index is -0.891. The molecule has 0 aliphatic carbocycles. The van der Waals surface area contributed by atoms with Gasteiger partial charge in [-0.2, -0.15) is 0 Å². The number of hydrogen-bond acceptors (Lipinski definition) is 8. The van der Waals surface area contributed by atoms with Gasteiger partial charge in [-0.25, -0.2) is 4.79 Å². The van der Waals surface area contributed by atoms with Gasteiger partial charge in [-0.1, -0.05) is 12.1 Å². The summed E-state index contributed by atoms with van der Waals surface area (Å²) < 4.78 is 10.5. The van der Waals surface area contributed by atoms with Gasteiger partial charge in [0.2, 0.25) is 0 Å². The average Bonchev–Trinajstić information content (AvgIpc) is 2.67. The molecule has 0 saturated heterocycles. The van der Waals surface area contributed by atoms with E-state index in [0.717, 1.165) is 0 Å². The van der Waals surface area contributed by atoms with Gasteiger partial charge in [0, 0.05) is 29.5 Å². The second-order valence-electron chi connectivity index (χ2n) is 6.59. The number of carbonyl (C=O) groups is 2. The van der Waals surface area contributed by atoms with Crippen LogP contribution in [0.5, 0.6) is 0 Å². The summed E-state index contributed by atoms with van der Waals surface area (Å²) in [6, 6.07) is 5.87. The lowest BCUT2D eigenvalue weighted by Gasteiger charge is -2.31. The molecule has 0 bridgehead atoms. The molecule has 2 N–H and O–H groups in total. The van der Waals surface area contributed by atoms with Crippen LogP contribution in [0.2, 0.25) is 0 Å². The zero-order valence-corrected chi connectivity index (χ0v) is 16.7. The number of benzene rings is 1. The van der Waals surface area contributed by atoms with Crippen molar-refractivity contribution in [1.29, 1.82) is 0 Å². The molecule has 9 heteroatoms. The molecule has 1 aliphatic heterocycles. The summed E-state index contributed by atoms with van der Waals surface area (Å²) in [7, 11) is 0. The first-order valence-corrected chi connectivity index (χ1v) is 9.35. The number of nitro groups is 1. The molecule has 29 heavy (non-hydrogen) atoms. The first kappa shape index (κ1) is 22.2. The van der Waals surface area contributed by atoms with Gasteiger partial charge in [-0.3, -0.25) is 19.9 Å². The van der Waals surface area contributed by atoms with Crippen molar-refractivity contribution in [3.8, 4) is 0 Å². The molecule has 1 aromatic carbocycles. The van der Waals surface area contributed by atoms with Gasteiger partial charge in [-0.05, 0) is 39.3 Å². The molecule has 1 aliphatic rings. The van der Waals surface area contributed by atoms with Crippen LogP contribution >= 0.6 is 0 Å². The lowest BCUT2D eigenvalue weighted by atomic mass is 9.75. The maximum atomic E-state index is 12.8. The number of esters is 2. The van der Waals surface area contributed by atoms with Crippen LogP contribution < -0.4 is 5.73 Å². The Morgan fingerprint density at radius 3 is 2.62 bits per heavy atom. The maximum Gasteiger partial charge on any atom is 0.336 e. The number of hydrogen-bond donors (Lipinski definition) is 1. The summed E-state index contributed by atoms with van der Waals surface area (Å²) in [6.45, 7) is 5.64. The number of nitrogens with two attached hydrogens (primary N) is 1. The molecule has 0 saturated carbocycles. The summed E-state index contributed by atoms with van der Waals surface area (Å²) in [5.41, 5.74) is 6.80. The van der Waals surface area contributed by atoms with Crippen molar-refractivity contribution >= 4 is 23.3 Å². The van der Waals surface area contributed by atoms with Crippen molar-refractivity contribution in [2.24, 2.45) is 16.6 Å². The average molecular weight is 403 g/mol. The molecular formula is C20H25N3O6. The number of rotatable bonds is 8. The van der Waals surface area contributed by atoms with E-state index in [1.165, 1.54) is 18.2 Å². The smallest absolute Gasteiger partial charge is 0.336 e. The number of aliphatic imine (C=N–C) groups is 1. The van der Waals surface area contributed by atoms with Crippen molar-refractivity contribution in [1.82, 2.24) is 0 Å². The third kappa shape index (κ3) is 5.05. The van der Waals surface area contributed by atoms with Crippen LogP contribution in [0.1, 0.15) is 38.7 Å². The Morgan fingerprint density at radius 2 is 2.00 bits per heavy atom. The summed E-state index contributed by atoms with van der Waals surface area (Å²) in [4.78, 5) is 40.6. The predicted octanol–water partition coefficient (Wildman–Crippen LogP) is 2.50. The van der Waals surface area contributed by atoms with Crippen LogP contribution in [0.4, 0.5) is 5.69 Å². The molecule has 2 unspecified atom stereocenters. The van der Waals surface area contributed by atoms with E-state index in [1.54, 1.807) is 26.8 Å². The minimum Gasteiger partial charge on any atom is -0.465 e. The summed E-state index contributed by atoms with van der Waals surface area (Å²) in [5.74, 6) is -2.88. The molecule has 1 aromatic rings. The Labute approximate surface area is 168 Å². The van der Waals surface area contributed by atoms with E-state index in [9.17, 15) is 19.7 Å². The fourth-order valence-electron chi connectivity index (χ4n) is 3.36. The normalized spacial score (nSPS) is 18.8. The topological polar surface area (TPSA) is 134 Å². The molecule has 0 fully saturated rings. The second-order valence-corrected chi connectivity index (χ2v) is 6.59. The Bertz CT molecular complexity index is 862. The fraction of sp³-hybridized carbons (Fsp3) is 0.450. The molecule has 0 aromatic heterocycles. The zero-order valence-electron chi connectivity index (χ0n) is 16.7. The third-order valence-electron chi connectivity index (χ3n) is 4.61. The molecule has 2 atom stereocenters. The van der Waals surface area contributed by atoms with Gasteiger partial charge in [0.05, 0.1) is 23.7 Å². The van der Waals surface area contributed by atoms with Gasteiger partial charge in [0.1, 0.15) is 5.92 Å². The van der Waals surface area contributed by atoms with Crippen LogP contribution in [-0.4, -0.2) is 42.3 Å². The molecule has 156 valence electrons. The zero-order chi connectivity index (χ0) is 21.6. The van der Waals surface area contributed by atoms with E-state index >= 15 is 0 Å². The first-order valence-electron chi connectivity index (χ1n) is 9.35. The number of allylic oxidation sites excluding steroid dienone is 1. The number of ether oxygens (including phenoxy) is 2. The SMILES string of the molecule is CCOC(=O)C1C(C)=NC(C)=C(C(=O)OCCCN)C1c1cccc([N+](=O)[O-])c1. The standard InChI is InChI=1S/C20H25N3O6/c1-4-28-19(24)16-12(2)22-13(3)17(20(25)29-10-6-9-21)18(16)14-7-5-8-15(11-14)23(26)27/h5,7-8,11,16,18H,4,6,9-10,21H2,1-3H3. The van der Waals surface area contributed by atoms with Gasteiger partial charge in [0.25, 0.3) is 5.69 Å². The van der Waals surface area contributed by atoms with Gasteiger partial charge in [0.15, 0.2) is 0 Å². The molecule has 0 spiro atoms. The van der Waals surface area contributed by atoms with Gasteiger partial charge in [-0.15, -0.1) is 0 Å². The molecule has 1 heterocycles. The van der Waals surface area contributed by atoms with E-state index in [2.05, 4.69) is 4.99 Å². The highest BCUT2D eigenvalue weighted by Gasteiger charge is 2.42. The summed E-state index contributed by atoms with van der Waals surface area (Å²) in [6.07, 6.45) is 0.489. The van der Waals surface area contributed by atoms with E-state index in [0.29, 0.717) is 29.9 Å². The van der Waals surface area contributed by atoms with E-state index in [4.69, 9.17) is 15.2 Å². The second kappa shape index (κ2) is 9.92. The van der Waals surface area contributed by atoms with Crippen LogP contribution in [0.25, 0.3) is 0 Å². The van der Waals surface area contributed by atoms with E-state index < -0.39 is 28.7 Å². The Hall–Kier alpha value is -3.07. The molecular weight excluding hydrogens is 378 g/mol. The lowest BCUT2D eigenvalue weighted by molar-refractivity contribution is -0.384. The predicted molar refractivity (Wildman–Crippen MR) is 106 cm³/mol. The van der Waals surface area contributed by atoms with Crippen LogP contribution in [-0.2, 0) is 19.1 Å². The molecule has 0 amide bonds. The van der Waals surface area contributed by atoms with Crippen molar-refractivity contribution in [3.63, 3.8) is 0 Å². The van der Waals surface area contributed by atoms with Crippen LogP contribution in [0, 0.1) is 16.0 Å². The van der Waals surface area contributed by atoms with Gasteiger partial charge >= 0.3 is 11.9 Å². The summed E-state index contributed by atoms with van der Waals surface area (Å²) in [5, 5.41) is 11.2. The van der Waals surface area contributed by atoms with Crippen molar-refractivity contribution in [2.45, 2.75) is 33.1 Å². The number of nitro benzene ring substituents is 1. The van der Waals surface area contributed by atoms with Crippen molar-refractivity contribution < 1.29 is 24.0 Å². The van der Waals surface area contributed by atoms with Gasteiger partial charge < -0.3 is 15.2 Å². The quantitative estimate of drug-likeness (QED) is 0.305. The number of nitrogens with zero attached hydrogens (tertiary/aromatic N) is 2. The highest BCUT2D eigenvalue weighted by Crippen LogP contribution is 2.40. The maximum absolute atomic E-state index is 12.8. The van der Waals surface area contributed by atoms with E-state index in [-0.39, 0.29) is 24.5 Å². The number of non-ortho nitro benzene ring substituents is 1. The Morgan fingerprint density at radius 1 is 1.28 bits per heavy atom. The highest BCUT2D eigenvalue weighted by molar-refractivity contribution is 6.07. The Kier molecular flexibility index (Phi) is 7.60. The van der Waals surface area contributed by atoms with Crippen LogP contribution in [0.15, 0.2) is 40.5 Å². The highest BCUT2D eigenvalue weighted by atomic mass is 16.6. The minimum absolute atomic E-state index is 0.126. The summed E-state index contributed by atoms with van der Waals surface area (Å²) >= 11 is 0. The van der Waals surface area contributed by atoms with Crippen LogP contribution in [0.3, 0.4) is 0 Å². The molecule has 2 rings (SSSR count). The van der Waals surface area contributed by atoms with Crippen molar-refractivity contribution in [3.05, 3.63) is 51.2 Å². The fourth-order valence-corrected chi connectivity index (χ4v) is 3.36. The molecule has 9 nitrogen and oxygen atoms in total. The van der Waals surface area contributed by atoms with Crippen molar-refractivity contribution in [2.75, 3.05) is 19.8 Å². The molecule has 0 radical (unpaired) electrons.